The first kappa shape index (κ1) is 29.1. The Morgan fingerprint density at radius 3 is 2.72 bits per heavy atom. The van der Waals surface area contributed by atoms with Crippen molar-refractivity contribution in [2.75, 3.05) is 52.6 Å². The number of nitrogens with two attached hydrogens (primary N) is 1. The number of unbranched alkanes of at least 4 members (excludes halogenated alkanes) is 1. The molecular weight excluding hydrogens is 504 g/mol. The second kappa shape index (κ2) is 13.5. The lowest BCUT2D eigenvalue weighted by Crippen LogP contribution is -2.47. The third kappa shape index (κ3) is 6.64. The molecule has 216 valence electrons. The number of carboxylic acid groups (broad SMARTS) is 1. The predicted octanol–water partition coefficient (Wildman–Crippen LogP) is 1.37. The second-order valence-corrected chi connectivity index (χ2v) is 10.7. The maximum Gasteiger partial charge on any atom is 0.308 e. The maximum atomic E-state index is 13.4. The van der Waals surface area contributed by atoms with Gasteiger partial charge in [0.2, 0.25) is 18.6 Å². The molecule has 4 N–H and O–H groups in total. The second-order valence-electron chi connectivity index (χ2n) is 10.7. The summed E-state index contributed by atoms with van der Waals surface area (Å²) >= 11 is 0. The number of hydrogen-bond donors (Lipinski definition) is 3. The number of carbonyl (C=O) groups excluding carboxylic acids is 2. The third-order valence-electron chi connectivity index (χ3n) is 8.19. The molecule has 2 fully saturated rings. The van der Waals surface area contributed by atoms with Crippen molar-refractivity contribution in [3.63, 3.8) is 0 Å². The highest BCUT2D eigenvalue weighted by atomic mass is 16.7. The van der Waals surface area contributed by atoms with E-state index in [1.807, 2.05) is 9.80 Å². The average Bonchev–Trinajstić information content (AvgIpc) is 3.54. The fourth-order valence-electron chi connectivity index (χ4n) is 6.15. The minimum atomic E-state index is -0.946. The van der Waals surface area contributed by atoms with Gasteiger partial charge in [0.05, 0.1) is 19.1 Å². The summed E-state index contributed by atoms with van der Waals surface area (Å²) in [6, 6.07) is 3.13. The van der Waals surface area contributed by atoms with Crippen LogP contribution in [0, 0.1) is 5.92 Å². The lowest BCUT2D eigenvalue weighted by atomic mass is 9.83. The molecule has 2 amide bonds. The Balaban J connectivity index is 1.62. The van der Waals surface area contributed by atoms with Crippen molar-refractivity contribution in [1.29, 1.82) is 0 Å². The van der Waals surface area contributed by atoms with Gasteiger partial charge >= 0.3 is 5.97 Å². The van der Waals surface area contributed by atoms with Gasteiger partial charge in [-0.2, -0.15) is 0 Å². The number of aliphatic hydroxyl groups excluding tert-OH is 1. The van der Waals surface area contributed by atoms with E-state index in [0.717, 1.165) is 31.2 Å². The highest BCUT2D eigenvalue weighted by Gasteiger charge is 2.47. The van der Waals surface area contributed by atoms with Gasteiger partial charge in [-0.05, 0) is 43.4 Å². The zero-order valence-corrected chi connectivity index (χ0v) is 22.8. The largest absolute Gasteiger partial charge is 0.481 e. The van der Waals surface area contributed by atoms with E-state index in [0.29, 0.717) is 69.2 Å². The summed E-state index contributed by atoms with van der Waals surface area (Å²) in [6.45, 7) is 4.84. The van der Waals surface area contributed by atoms with Gasteiger partial charge in [-0.15, -0.1) is 0 Å². The number of ether oxygens (including phenoxy) is 2. The van der Waals surface area contributed by atoms with Gasteiger partial charge in [0.25, 0.3) is 0 Å². The van der Waals surface area contributed by atoms with E-state index in [4.69, 9.17) is 15.2 Å². The van der Waals surface area contributed by atoms with Crippen LogP contribution in [0.25, 0.3) is 0 Å². The molecule has 1 aromatic carbocycles. The summed E-state index contributed by atoms with van der Waals surface area (Å²) < 4.78 is 11.1. The number of carbonyl (C=O) groups is 3. The third-order valence-corrected chi connectivity index (χ3v) is 8.19. The van der Waals surface area contributed by atoms with Crippen molar-refractivity contribution in [2.24, 2.45) is 11.7 Å². The molecule has 0 aliphatic carbocycles. The Bertz CT molecular complexity index is 1040. The number of amides is 2. The number of hydrogen-bond acceptors (Lipinski definition) is 8. The van der Waals surface area contributed by atoms with E-state index in [-0.39, 0.29) is 31.8 Å². The molecule has 2 saturated heterocycles. The molecule has 11 heteroatoms. The van der Waals surface area contributed by atoms with E-state index in [1.54, 1.807) is 17.0 Å². The fraction of sp³-hybridized carbons (Fsp3) is 0.679. The number of aliphatic carboxylic acids is 1. The van der Waals surface area contributed by atoms with Crippen LogP contribution in [0.1, 0.15) is 62.5 Å². The monoisotopic (exact) mass is 546 g/mol. The molecule has 0 aromatic heterocycles. The maximum absolute atomic E-state index is 13.4. The molecule has 3 atom stereocenters. The first-order valence-corrected chi connectivity index (χ1v) is 14.1. The summed E-state index contributed by atoms with van der Waals surface area (Å²) in [5, 5.41) is 20.4. The number of nitrogens with zero attached hydrogens (tertiary/aromatic N) is 3. The summed E-state index contributed by atoms with van der Waals surface area (Å²) in [5.41, 5.74) is 7.06. The Kier molecular flexibility index (Phi) is 10.0. The minimum absolute atomic E-state index is 0.0423. The van der Waals surface area contributed by atoms with Gasteiger partial charge in [0, 0.05) is 63.2 Å². The molecule has 1 aromatic rings. The lowest BCUT2D eigenvalue weighted by Gasteiger charge is -2.32. The Morgan fingerprint density at radius 1 is 1.21 bits per heavy atom. The average molecular weight is 547 g/mol. The van der Waals surface area contributed by atoms with Crippen molar-refractivity contribution in [3.8, 4) is 11.5 Å². The van der Waals surface area contributed by atoms with Crippen LogP contribution in [0.15, 0.2) is 12.1 Å². The van der Waals surface area contributed by atoms with Crippen molar-refractivity contribution in [2.45, 2.75) is 64.0 Å². The van der Waals surface area contributed by atoms with E-state index in [2.05, 4.69) is 6.92 Å². The highest BCUT2D eigenvalue weighted by Crippen LogP contribution is 2.44. The molecule has 0 unspecified atom stereocenters. The molecule has 39 heavy (non-hydrogen) atoms. The summed E-state index contributed by atoms with van der Waals surface area (Å²) in [4.78, 5) is 44.2. The molecule has 3 aliphatic rings. The van der Waals surface area contributed by atoms with Crippen LogP contribution >= 0.6 is 0 Å². The number of benzene rings is 1. The van der Waals surface area contributed by atoms with Crippen LogP contribution in [0.4, 0.5) is 0 Å². The van der Waals surface area contributed by atoms with Crippen LogP contribution in [0.5, 0.6) is 11.5 Å². The molecule has 0 bridgehead atoms. The number of piperidine rings is 1. The molecular formula is C28H42N4O7. The molecule has 11 nitrogen and oxygen atoms in total. The number of likely N-dealkylation sites (tertiary alicyclic amines) is 2. The summed E-state index contributed by atoms with van der Waals surface area (Å²) in [7, 11) is 0. The van der Waals surface area contributed by atoms with Gasteiger partial charge in [0.1, 0.15) is 0 Å². The Labute approximate surface area is 229 Å². The van der Waals surface area contributed by atoms with Crippen LogP contribution < -0.4 is 15.2 Å². The first-order chi connectivity index (χ1) is 18.9. The van der Waals surface area contributed by atoms with Crippen molar-refractivity contribution < 1.29 is 34.1 Å². The van der Waals surface area contributed by atoms with Gasteiger partial charge < -0.3 is 35.2 Å². The smallest absolute Gasteiger partial charge is 0.308 e. The highest BCUT2D eigenvalue weighted by molar-refractivity contribution is 5.79. The normalized spacial score (nSPS) is 22.9. The standard InChI is InChI=1S/C28H42N4O7/c1-2-3-9-31(12-8-29)25(35)16-32-15-21(19-13-20(17-33)27-23(14-19)38-18-39-27)26(28(36)37)22(32)7-11-30-10-5-4-6-24(30)34/h13-14,21-22,26,33H,2-12,15-18,29H2,1H3,(H,36,37)/t21-,22+,26-/m1/s1. The van der Waals surface area contributed by atoms with Crippen LogP contribution in [-0.4, -0.2) is 101 Å². The van der Waals surface area contributed by atoms with Crippen molar-refractivity contribution in [3.05, 3.63) is 23.3 Å². The molecule has 3 aliphatic heterocycles. The zero-order chi connectivity index (χ0) is 27.9. The summed E-state index contributed by atoms with van der Waals surface area (Å²) in [6.07, 6.45) is 4.61. The van der Waals surface area contributed by atoms with E-state index < -0.39 is 23.8 Å². The van der Waals surface area contributed by atoms with Gasteiger partial charge in [-0.1, -0.05) is 13.3 Å². The lowest BCUT2D eigenvalue weighted by molar-refractivity contribution is -0.144. The van der Waals surface area contributed by atoms with E-state index in [1.165, 1.54) is 0 Å². The molecule has 0 saturated carbocycles. The predicted molar refractivity (Wildman–Crippen MR) is 143 cm³/mol. The molecule has 4 rings (SSSR count). The first-order valence-electron chi connectivity index (χ1n) is 14.1. The van der Waals surface area contributed by atoms with Gasteiger partial charge in [-0.3, -0.25) is 19.3 Å². The van der Waals surface area contributed by atoms with Crippen molar-refractivity contribution in [1.82, 2.24) is 14.7 Å². The minimum Gasteiger partial charge on any atom is -0.481 e. The fourth-order valence-corrected chi connectivity index (χ4v) is 6.15. The quantitative estimate of drug-likeness (QED) is 0.334. The molecule has 0 spiro atoms. The number of rotatable bonds is 13. The van der Waals surface area contributed by atoms with Crippen LogP contribution in [0.3, 0.4) is 0 Å². The number of fused-ring (bicyclic) bond motifs is 1. The SMILES string of the molecule is CCCCN(CCN)C(=O)CN1C[C@H](c2cc(CO)c3c(c2)OCO3)[C@@H](C(=O)O)[C@@H]1CCN1CCCCC1=O. The van der Waals surface area contributed by atoms with E-state index >= 15 is 0 Å². The number of aliphatic hydroxyl groups is 1. The topological polar surface area (TPSA) is 146 Å². The van der Waals surface area contributed by atoms with Gasteiger partial charge in [-0.25, -0.2) is 0 Å². The Hall–Kier alpha value is -2.89. The molecule has 3 heterocycles. The Morgan fingerprint density at radius 2 is 2.03 bits per heavy atom. The number of carboxylic acids is 1. The van der Waals surface area contributed by atoms with Crippen LogP contribution in [0.2, 0.25) is 0 Å². The van der Waals surface area contributed by atoms with Crippen molar-refractivity contribution >= 4 is 17.8 Å². The van der Waals surface area contributed by atoms with E-state index in [9.17, 15) is 24.6 Å². The summed E-state index contributed by atoms with van der Waals surface area (Å²) in [5.74, 6) is -1.19. The van der Waals surface area contributed by atoms with Gasteiger partial charge in [0.15, 0.2) is 11.5 Å². The zero-order valence-electron chi connectivity index (χ0n) is 22.8. The molecule has 0 radical (unpaired) electrons. The van der Waals surface area contributed by atoms with Crippen LogP contribution in [-0.2, 0) is 21.0 Å².